The van der Waals surface area contributed by atoms with Gasteiger partial charge in [-0.3, -0.25) is 14.5 Å². The van der Waals surface area contributed by atoms with Gasteiger partial charge in [-0.25, -0.2) is 4.79 Å². The Bertz CT molecular complexity index is 728. The summed E-state index contributed by atoms with van der Waals surface area (Å²) in [5.41, 5.74) is -0.273. The molecule has 1 aromatic carbocycles. The minimum absolute atomic E-state index is 0.00953. The van der Waals surface area contributed by atoms with Crippen LogP contribution >= 0.6 is 0 Å². The molecule has 1 saturated heterocycles. The number of nitrogens with zero attached hydrogens (tertiary/aromatic N) is 1. The first-order valence-electron chi connectivity index (χ1n) is 8.65. The van der Waals surface area contributed by atoms with Crippen LogP contribution in [0.25, 0.3) is 0 Å². The number of hydrogen-bond acceptors (Lipinski definition) is 5. The Balaban J connectivity index is 1.61. The van der Waals surface area contributed by atoms with Gasteiger partial charge in [0.2, 0.25) is 5.91 Å². The van der Waals surface area contributed by atoms with Crippen LogP contribution in [0, 0.1) is 0 Å². The number of carbonyl (C=O) groups excluding carboxylic acids is 3. The zero-order valence-electron chi connectivity index (χ0n) is 15.0. The molecule has 1 aliphatic carbocycles. The van der Waals surface area contributed by atoms with Gasteiger partial charge in [-0.05, 0) is 25.0 Å². The fourth-order valence-electron chi connectivity index (χ4n) is 3.53. The molecule has 1 aliphatic heterocycles. The number of urea groups is 1. The summed E-state index contributed by atoms with van der Waals surface area (Å²) in [6.07, 6.45) is 3.20. The Labute approximate surface area is 151 Å². The lowest BCUT2D eigenvalue weighted by Gasteiger charge is -2.20. The van der Waals surface area contributed by atoms with Crippen molar-refractivity contribution in [1.82, 2.24) is 10.2 Å². The van der Waals surface area contributed by atoms with Crippen molar-refractivity contribution in [1.29, 1.82) is 0 Å². The number of imide groups is 1. The zero-order valence-corrected chi connectivity index (χ0v) is 15.0. The Kier molecular flexibility index (Phi) is 5.01. The van der Waals surface area contributed by atoms with Gasteiger partial charge in [-0.1, -0.05) is 12.8 Å². The maximum atomic E-state index is 12.6. The standard InChI is InChI=1S/C18H23N3O5/c1-25-12-5-6-14(26-2)13(11-12)19-15(22)7-10-21-16(23)18(20-17(21)24)8-3-4-9-18/h5-6,11H,3-4,7-10H2,1-2H3,(H,19,22)(H,20,24). The maximum Gasteiger partial charge on any atom is 0.325 e. The number of amides is 4. The molecule has 26 heavy (non-hydrogen) atoms. The van der Waals surface area contributed by atoms with Crippen LogP contribution in [-0.2, 0) is 9.59 Å². The molecule has 8 nitrogen and oxygen atoms in total. The highest BCUT2D eigenvalue weighted by Gasteiger charge is 2.52. The van der Waals surface area contributed by atoms with Gasteiger partial charge in [0.1, 0.15) is 17.0 Å². The molecule has 1 saturated carbocycles. The van der Waals surface area contributed by atoms with Gasteiger partial charge in [0.25, 0.3) is 5.91 Å². The van der Waals surface area contributed by atoms with Crippen LogP contribution in [0.1, 0.15) is 32.1 Å². The van der Waals surface area contributed by atoms with E-state index < -0.39 is 11.6 Å². The van der Waals surface area contributed by atoms with Crippen LogP contribution in [0.2, 0.25) is 0 Å². The number of benzene rings is 1. The average molecular weight is 361 g/mol. The lowest BCUT2D eigenvalue weighted by Crippen LogP contribution is -2.44. The van der Waals surface area contributed by atoms with Gasteiger partial charge in [-0.15, -0.1) is 0 Å². The van der Waals surface area contributed by atoms with Crippen molar-refractivity contribution in [3.8, 4) is 11.5 Å². The summed E-state index contributed by atoms with van der Waals surface area (Å²) in [6, 6.07) is 4.65. The van der Waals surface area contributed by atoms with E-state index in [0.29, 0.717) is 30.0 Å². The van der Waals surface area contributed by atoms with Gasteiger partial charge in [-0.2, -0.15) is 0 Å². The number of rotatable bonds is 6. The number of methoxy groups -OCH3 is 2. The fraction of sp³-hybridized carbons (Fsp3) is 0.500. The zero-order chi connectivity index (χ0) is 18.7. The number of anilines is 1. The van der Waals surface area contributed by atoms with E-state index in [4.69, 9.17) is 9.47 Å². The van der Waals surface area contributed by atoms with Crippen molar-refractivity contribution in [2.75, 3.05) is 26.1 Å². The van der Waals surface area contributed by atoms with Crippen molar-refractivity contribution in [3.63, 3.8) is 0 Å². The first kappa shape index (κ1) is 18.0. The topological polar surface area (TPSA) is 97.0 Å². The van der Waals surface area contributed by atoms with Crippen molar-refractivity contribution >= 4 is 23.5 Å². The second-order valence-corrected chi connectivity index (χ2v) is 6.54. The summed E-state index contributed by atoms with van der Waals surface area (Å²) >= 11 is 0. The van der Waals surface area contributed by atoms with E-state index in [0.717, 1.165) is 17.7 Å². The van der Waals surface area contributed by atoms with E-state index in [9.17, 15) is 14.4 Å². The fourth-order valence-corrected chi connectivity index (χ4v) is 3.53. The SMILES string of the molecule is COc1ccc(OC)c(NC(=O)CCN2C(=O)NC3(CCCC3)C2=O)c1. The van der Waals surface area contributed by atoms with Crippen LogP contribution in [0.3, 0.4) is 0 Å². The van der Waals surface area contributed by atoms with Crippen molar-refractivity contribution in [2.45, 2.75) is 37.6 Å². The summed E-state index contributed by atoms with van der Waals surface area (Å²) in [7, 11) is 3.04. The van der Waals surface area contributed by atoms with E-state index in [1.807, 2.05) is 0 Å². The third-order valence-electron chi connectivity index (χ3n) is 4.95. The Morgan fingerprint density at radius 2 is 1.96 bits per heavy atom. The van der Waals surface area contributed by atoms with Gasteiger partial charge >= 0.3 is 6.03 Å². The predicted octanol–water partition coefficient (Wildman–Crippen LogP) is 1.90. The Morgan fingerprint density at radius 3 is 2.62 bits per heavy atom. The first-order chi connectivity index (χ1) is 12.5. The molecule has 4 amide bonds. The maximum absolute atomic E-state index is 12.6. The van der Waals surface area contributed by atoms with Crippen LogP contribution in [-0.4, -0.2) is 49.0 Å². The minimum atomic E-state index is -0.746. The molecule has 1 heterocycles. The molecule has 2 aliphatic rings. The van der Waals surface area contributed by atoms with E-state index in [1.54, 1.807) is 18.2 Å². The minimum Gasteiger partial charge on any atom is -0.497 e. The quantitative estimate of drug-likeness (QED) is 0.754. The molecular weight excluding hydrogens is 338 g/mol. The van der Waals surface area contributed by atoms with Crippen LogP contribution in [0.15, 0.2) is 18.2 Å². The summed E-state index contributed by atoms with van der Waals surface area (Å²) < 4.78 is 10.4. The molecule has 1 spiro atoms. The van der Waals surface area contributed by atoms with Gasteiger partial charge in [0.15, 0.2) is 0 Å². The largest absolute Gasteiger partial charge is 0.497 e. The van der Waals surface area contributed by atoms with E-state index in [-0.39, 0.29) is 24.8 Å². The van der Waals surface area contributed by atoms with Crippen molar-refractivity contribution in [3.05, 3.63) is 18.2 Å². The summed E-state index contributed by atoms with van der Waals surface area (Å²) in [4.78, 5) is 38.1. The second-order valence-electron chi connectivity index (χ2n) is 6.54. The molecule has 0 aromatic heterocycles. The number of nitrogens with one attached hydrogen (secondary N) is 2. The third-order valence-corrected chi connectivity index (χ3v) is 4.95. The highest BCUT2D eigenvalue weighted by molar-refractivity contribution is 6.07. The molecule has 8 heteroatoms. The number of hydrogen-bond donors (Lipinski definition) is 2. The van der Waals surface area contributed by atoms with E-state index >= 15 is 0 Å². The molecule has 0 unspecified atom stereocenters. The normalized spacial score (nSPS) is 18.2. The van der Waals surface area contributed by atoms with Gasteiger partial charge in [0.05, 0.1) is 19.9 Å². The predicted molar refractivity (Wildman–Crippen MR) is 94.2 cm³/mol. The molecule has 140 valence electrons. The first-order valence-corrected chi connectivity index (χ1v) is 8.65. The van der Waals surface area contributed by atoms with E-state index in [2.05, 4.69) is 10.6 Å². The lowest BCUT2D eigenvalue weighted by atomic mass is 9.98. The highest BCUT2D eigenvalue weighted by Crippen LogP contribution is 2.35. The van der Waals surface area contributed by atoms with Gasteiger partial charge < -0.3 is 20.1 Å². The molecule has 1 aromatic rings. The molecule has 0 bridgehead atoms. The Morgan fingerprint density at radius 1 is 1.23 bits per heavy atom. The van der Waals surface area contributed by atoms with Crippen LogP contribution < -0.4 is 20.1 Å². The number of ether oxygens (including phenoxy) is 2. The second kappa shape index (κ2) is 7.23. The van der Waals surface area contributed by atoms with Crippen LogP contribution in [0.4, 0.5) is 10.5 Å². The molecule has 0 radical (unpaired) electrons. The van der Waals surface area contributed by atoms with Crippen molar-refractivity contribution < 1.29 is 23.9 Å². The lowest BCUT2D eigenvalue weighted by molar-refractivity contribution is -0.131. The molecule has 0 atom stereocenters. The summed E-state index contributed by atoms with van der Waals surface area (Å²) in [5, 5.41) is 5.54. The average Bonchev–Trinajstić information content (AvgIpc) is 3.19. The number of carbonyl (C=O) groups is 3. The Hall–Kier alpha value is -2.77. The smallest absolute Gasteiger partial charge is 0.325 e. The van der Waals surface area contributed by atoms with Crippen molar-refractivity contribution in [2.24, 2.45) is 0 Å². The molecule has 2 N–H and O–H groups in total. The molecular formula is C18H23N3O5. The van der Waals surface area contributed by atoms with E-state index in [1.165, 1.54) is 14.2 Å². The molecule has 3 rings (SSSR count). The summed E-state index contributed by atoms with van der Waals surface area (Å²) in [6.45, 7) is 0.0462. The summed E-state index contributed by atoms with van der Waals surface area (Å²) in [5.74, 6) is 0.550. The van der Waals surface area contributed by atoms with Gasteiger partial charge in [0, 0.05) is 19.0 Å². The molecule has 2 fully saturated rings. The van der Waals surface area contributed by atoms with Crippen LogP contribution in [0.5, 0.6) is 11.5 Å². The monoisotopic (exact) mass is 361 g/mol. The third kappa shape index (κ3) is 3.31. The highest BCUT2D eigenvalue weighted by atomic mass is 16.5.